The van der Waals surface area contributed by atoms with Crippen molar-refractivity contribution in [1.82, 2.24) is 10.7 Å². The zero-order valence-corrected chi connectivity index (χ0v) is 25.3. The van der Waals surface area contributed by atoms with Gasteiger partial charge in [-0.25, -0.2) is 5.43 Å². The van der Waals surface area contributed by atoms with Gasteiger partial charge in [0, 0.05) is 12.2 Å². The van der Waals surface area contributed by atoms with Crippen LogP contribution in [0.3, 0.4) is 0 Å². The molecule has 0 atom stereocenters. The lowest BCUT2D eigenvalue weighted by Crippen LogP contribution is -2.37. The number of rotatable bonds is 10. The van der Waals surface area contributed by atoms with E-state index in [1.165, 1.54) is 18.9 Å². The molecule has 0 radical (unpaired) electrons. The van der Waals surface area contributed by atoms with Crippen LogP contribution in [0.4, 0.5) is 5.69 Å². The summed E-state index contributed by atoms with van der Waals surface area (Å²) in [6.07, 6.45) is 1.39. The van der Waals surface area contributed by atoms with Crippen LogP contribution < -0.4 is 25.5 Å². The number of benzene rings is 3. The van der Waals surface area contributed by atoms with Crippen molar-refractivity contribution >= 4 is 52.2 Å². The number of carbonyl (C=O) groups excluding carboxylic acids is 3. The van der Waals surface area contributed by atoms with Crippen molar-refractivity contribution in [1.29, 1.82) is 0 Å². The molecule has 3 amide bonds. The Morgan fingerprint density at radius 1 is 0.975 bits per heavy atom. The zero-order chi connectivity index (χ0) is 29.2. The lowest BCUT2D eigenvalue weighted by Gasteiger charge is -2.14. The van der Waals surface area contributed by atoms with Gasteiger partial charge >= 0.3 is 11.8 Å². The maximum atomic E-state index is 12.4. The summed E-state index contributed by atoms with van der Waals surface area (Å²) in [6, 6.07) is 17.0. The topological polar surface area (TPSA) is 118 Å². The van der Waals surface area contributed by atoms with Crippen molar-refractivity contribution < 1.29 is 23.9 Å². The van der Waals surface area contributed by atoms with Crippen molar-refractivity contribution in [2.24, 2.45) is 5.10 Å². The molecule has 0 aliphatic carbocycles. The Balaban J connectivity index is 1.53. The van der Waals surface area contributed by atoms with Crippen LogP contribution in [-0.2, 0) is 20.9 Å². The number of anilines is 1. The van der Waals surface area contributed by atoms with Gasteiger partial charge in [0.25, 0.3) is 5.91 Å². The Kier molecular flexibility index (Phi) is 11.1. The van der Waals surface area contributed by atoms with Gasteiger partial charge in [0.05, 0.1) is 16.9 Å². The molecule has 0 heterocycles. The van der Waals surface area contributed by atoms with Crippen molar-refractivity contribution in [2.75, 3.05) is 19.0 Å². The summed E-state index contributed by atoms with van der Waals surface area (Å²) in [4.78, 5) is 36.7. The second-order valence-electron chi connectivity index (χ2n) is 9.53. The Hall–Kier alpha value is -3.93. The lowest BCUT2D eigenvalue weighted by atomic mass is 10.0. The molecule has 40 heavy (non-hydrogen) atoms. The third-order valence-corrected chi connectivity index (χ3v) is 6.59. The fourth-order valence-electron chi connectivity index (χ4n) is 3.84. The van der Waals surface area contributed by atoms with E-state index in [1.807, 2.05) is 56.3 Å². The van der Waals surface area contributed by atoms with Gasteiger partial charge in [-0.15, -0.1) is 0 Å². The van der Waals surface area contributed by atoms with E-state index in [9.17, 15) is 14.4 Å². The highest BCUT2D eigenvalue weighted by Crippen LogP contribution is 2.33. The smallest absolute Gasteiger partial charge is 0.329 e. The lowest BCUT2D eigenvalue weighted by molar-refractivity contribution is -0.139. The van der Waals surface area contributed by atoms with Crippen molar-refractivity contribution in [2.45, 2.75) is 40.2 Å². The summed E-state index contributed by atoms with van der Waals surface area (Å²) >= 11 is 2.06. The quantitative estimate of drug-likeness (QED) is 0.125. The number of carbonyl (C=O) groups is 3. The van der Waals surface area contributed by atoms with E-state index in [0.29, 0.717) is 32.2 Å². The highest BCUT2D eigenvalue weighted by atomic mass is 127. The van der Waals surface area contributed by atoms with E-state index in [2.05, 4.69) is 57.6 Å². The number of ether oxygens (including phenoxy) is 2. The molecule has 3 aromatic rings. The first-order valence-corrected chi connectivity index (χ1v) is 13.7. The third-order valence-electron chi connectivity index (χ3n) is 5.79. The number of amides is 3. The minimum Gasteiger partial charge on any atom is -0.493 e. The molecule has 0 saturated carbocycles. The predicted molar refractivity (Wildman–Crippen MR) is 164 cm³/mol. The fraction of sp³-hybridized carbons (Fsp3) is 0.267. The number of nitrogens with one attached hydrogen (secondary N) is 3. The second-order valence-corrected chi connectivity index (χ2v) is 10.7. The zero-order valence-electron chi connectivity index (χ0n) is 23.1. The molecule has 0 aromatic heterocycles. The van der Waals surface area contributed by atoms with Crippen LogP contribution in [0.1, 0.15) is 47.6 Å². The van der Waals surface area contributed by atoms with E-state index in [4.69, 9.17) is 9.47 Å². The molecule has 0 saturated heterocycles. The van der Waals surface area contributed by atoms with Crippen molar-refractivity contribution in [3.63, 3.8) is 0 Å². The molecule has 0 aliphatic rings. The summed E-state index contributed by atoms with van der Waals surface area (Å²) in [5, 5.41) is 9.29. The molecule has 210 valence electrons. The molecule has 0 unspecified atom stereocenters. The number of hydrazone groups is 1. The van der Waals surface area contributed by atoms with E-state index in [0.717, 1.165) is 16.7 Å². The van der Waals surface area contributed by atoms with Crippen LogP contribution in [0, 0.1) is 17.4 Å². The van der Waals surface area contributed by atoms with Gasteiger partial charge in [0.2, 0.25) is 0 Å². The highest BCUT2D eigenvalue weighted by Gasteiger charge is 2.15. The van der Waals surface area contributed by atoms with Crippen LogP contribution in [0.5, 0.6) is 11.5 Å². The average Bonchev–Trinajstić information content (AvgIpc) is 2.90. The largest absolute Gasteiger partial charge is 0.493 e. The summed E-state index contributed by atoms with van der Waals surface area (Å²) in [5.74, 6) is -0.769. The normalized spacial score (nSPS) is 10.9. The molecule has 0 bridgehead atoms. The van der Waals surface area contributed by atoms with Gasteiger partial charge in [-0.3, -0.25) is 14.4 Å². The third kappa shape index (κ3) is 9.08. The van der Waals surface area contributed by atoms with Gasteiger partial charge in [0.15, 0.2) is 18.1 Å². The number of nitrogens with zero attached hydrogens (tertiary/aromatic N) is 1. The van der Waals surface area contributed by atoms with E-state index >= 15 is 0 Å². The molecular formula is C30H33IN4O5. The molecule has 3 aromatic carbocycles. The molecular weight excluding hydrogens is 623 g/mol. The molecule has 9 nitrogen and oxygen atoms in total. The number of halogens is 1. The highest BCUT2D eigenvalue weighted by molar-refractivity contribution is 14.1. The monoisotopic (exact) mass is 656 g/mol. The SMILES string of the molecule is COc1cc(/C=N\NC(=O)C(=O)NCc2ccc(C(C)C)cc2)cc(I)c1OCC(=O)Nc1cc(C)cc(C)c1. The first-order chi connectivity index (χ1) is 19.0. The number of aryl methyl sites for hydroxylation is 2. The Bertz CT molecular complexity index is 1380. The maximum absolute atomic E-state index is 12.4. The molecule has 10 heteroatoms. The summed E-state index contributed by atoms with van der Waals surface area (Å²) in [7, 11) is 1.48. The van der Waals surface area contributed by atoms with Crippen LogP contribution >= 0.6 is 22.6 Å². The Morgan fingerprint density at radius 2 is 1.65 bits per heavy atom. The predicted octanol–water partition coefficient (Wildman–Crippen LogP) is 4.82. The average molecular weight is 657 g/mol. The van der Waals surface area contributed by atoms with Gasteiger partial charge in [-0.1, -0.05) is 44.2 Å². The van der Waals surface area contributed by atoms with Crippen LogP contribution in [0.2, 0.25) is 0 Å². The van der Waals surface area contributed by atoms with E-state index in [1.54, 1.807) is 12.1 Å². The van der Waals surface area contributed by atoms with Crippen molar-refractivity contribution in [3.05, 3.63) is 86.0 Å². The van der Waals surface area contributed by atoms with Crippen molar-refractivity contribution in [3.8, 4) is 11.5 Å². The number of methoxy groups -OCH3 is 1. The molecule has 0 spiro atoms. The molecule has 0 fully saturated rings. The summed E-state index contributed by atoms with van der Waals surface area (Å²) in [6.45, 7) is 8.16. The molecule has 3 rings (SSSR count). The van der Waals surface area contributed by atoms with Gasteiger partial charge in [-0.2, -0.15) is 5.10 Å². The maximum Gasteiger partial charge on any atom is 0.329 e. The number of hydrogen-bond donors (Lipinski definition) is 3. The first-order valence-electron chi connectivity index (χ1n) is 12.6. The van der Waals surface area contributed by atoms with Gasteiger partial charge in [0.1, 0.15) is 0 Å². The van der Waals surface area contributed by atoms with Gasteiger partial charge < -0.3 is 20.1 Å². The van der Waals surface area contributed by atoms with E-state index in [-0.39, 0.29) is 19.1 Å². The first kappa shape index (κ1) is 30.6. The summed E-state index contributed by atoms with van der Waals surface area (Å²) < 4.78 is 11.9. The fourth-order valence-corrected chi connectivity index (χ4v) is 4.62. The second kappa shape index (κ2) is 14.5. The summed E-state index contributed by atoms with van der Waals surface area (Å²) in [5.41, 5.74) is 7.72. The van der Waals surface area contributed by atoms with Crippen LogP contribution in [-0.4, -0.2) is 37.7 Å². The minimum atomic E-state index is -0.883. The molecule has 3 N–H and O–H groups in total. The molecule has 0 aliphatic heterocycles. The number of hydrogen-bond acceptors (Lipinski definition) is 6. The minimum absolute atomic E-state index is 0.209. The Morgan fingerprint density at radius 3 is 2.27 bits per heavy atom. The van der Waals surface area contributed by atoms with E-state index < -0.39 is 11.8 Å². The Labute approximate surface area is 247 Å². The van der Waals surface area contributed by atoms with Crippen LogP contribution in [0.25, 0.3) is 0 Å². The van der Waals surface area contributed by atoms with Crippen LogP contribution in [0.15, 0.2) is 59.7 Å². The van der Waals surface area contributed by atoms with Gasteiger partial charge in [-0.05, 0) is 94.4 Å². The standard InChI is InChI=1S/C30H33IN4O5/c1-18(2)23-8-6-21(7-9-23)15-32-29(37)30(38)35-33-16-22-13-25(31)28(26(14-22)39-5)40-17-27(36)34-24-11-19(3)10-20(4)12-24/h6-14,16,18H,15,17H2,1-5H3,(H,32,37)(H,34,36)(H,35,38)/b33-16-.